The molecule has 4 rings (SSSR count). The Labute approximate surface area is 139 Å². The second-order valence-corrected chi connectivity index (χ2v) is 5.64. The van der Waals surface area contributed by atoms with Gasteiger partial charge in [-0.05, 0) is 24.4 Å². The molecule has 0 spiro atoms. The van der Waals surface area contributed by atoms with Crippen LogP contribution in [0.15, 0.2) is 60.9 Å². The van der Waals surface area contributed by atoms with E-state index in [1.165, 1.54) is 5.39 Å². The number of nitrogens with zero attached hydrogens (tertiary/aromatic N) is 3. The minimum absolute atomic E-state index is 0.559. The van der Waals surface area contributed by atoms with Crippen molar-refractivity contribution in [2.45, 2.75) is 6.92 Å². The Morgan fingerprint density at radius 1 is 1.12 bits per heavy atom. The second-order valence-electron chi connectivity index (χ2n) is 5.64. The van der Waals surface area contributed by atoms with Crippen molar-refractivity contribution in [2.24, 2.45) is 0 Å². The molecule has 0 fully saturated rings. The summed E-state index contributed by atoms with van der Waals surface area (Å²) in [5, 5.41) is 10.0. The first-order valence-electron chi connectivity index (χ1n) is 7.97. The monoisotopic (exact) mass is 318 g/mol. The van der Waals surface area contributed by atoms with Gasteiger partial charge in [-0.2, -0.15) is 5.10 Å². The maximum atomic E-state index is 5.95. The molecule has 0 unspecified atom stereocenters. The van der Waals surface area contributed by atoms with Crippen LogP contribution in [0.25, 0.3) is 16.3 Å². The van der Waals surface area contributed by atoms with E-state index in [1.54, 1.807) is 6.20 Å². The minimum Gasteiger partial charge on any atom is -0.491 e. The standard InChI is InChI=1S/C19H18N4O/c1-14-13-17-19(20-9-11-23(17)22-14)21-10-12-24-18-8-4-6-15-5-2-3-7-16(15)18/h2-9,11,13H,10,12H2,1H3,(H,20,21). The number of nitrogens with one attached hydrogen (secondary N) is 1. The van der Waals surface area contributed by atoms with Crippen LogP contribution in [0.2, 0.25) is 0 Å². The first-order chi connectivity index (χ1) is 11.8. The highest BCUT2D eigenvalue weighted by atomic mass is 16.5. The molecule has 5 nitrogen and oxygen atoms in total. The van der Waals surface area contributed by atoms with Gasteiger partial charge in [0.05, 0.1) is 12.2 Å². The van der Waals surface area contributed by atoms with Gasteiger partial charge in [0, 0.05) is 17.8 Å². The summed E-state index contributed by atoms with van der Waals surface area (Å²) in [5.74, 6) is 1.72. The third kappa shape index (κ3) is 2.76. The average molecular weight is 318 g/mol. The Kier molecular flexibility index (Phi) is 3.75. The fourth-order valence-corrected chi connectivity index (χ4v) is 2.83. The number of hydrogen-bond donors (Lipinski definition) is 1. The largest absolute Gasteiger partial charge is 0.491 e. The average Bonchev–Trinajstić information content (AvgIpc) is 3.00. The van der Waals surface area contributed by atoms with Crippen LogP contribution in [-0.2, 0) is 0 Å². The zero-order valence-electron chi connectivity index (χ0n) is 13.4. The van der Waals surface area contributed by atoms with Crippen molar-refractivity contribution in [1.29, 1.82) is 0 Å². The van der Waals surface area contributed by atoms with Crippen LogP contribution >= 0.6 is 0 Å². The Bertz CT molecular complexity index is 988. The van der Waals surface area contributed by atoms with E-state index in [0.717, 1.165) is 28.2 Å². The van der Waals surface area contributed by atoms with Gasteiger partial charge >= 0.3 is 0 Å². The van der Waals surface area contributed by atoms with Crippen LogP contribution in [0.3, 0.4) is 0 Å². The van der Waals surface area contributed by atoms with E-state index in [2.05, 4.69) is 33.6 Å². The number of rotatable bonds is 5. The molecule has 0 radical (unpaired) electrons. The Balaban J connectivity index is 1.44. The van der Waals surface area contributed by atoms with Gasteiger partial charge in [0.1, 0.15) is 17.9 Å². The molecular formula is C19H18N4O. The Morgan fingerprint density at radius 2 is 2.00 bits per heavy atom. The summed E-state index contributed by atoms with van der Waals surface area (Å²) < 4.78 is 7.78. The summed E-state index contributed by atoms with van der Waals surface area (Å²) in [6, 6.07) is 16.4. The van der Waals surface area contributed by atoms with E-state index in [9.17, 15) is 0 Å². The summed E-state index contributed by atoms with van der Waals surface area (Å²) in [7, 11) is 0. The van der Waals surface area contributed by atoms with Crippen LogP contribution in [-0.4, -0.2) is 27.7 Å². The summed E-state index contributed by atoms with van der Waals surface area (Å²) in [5.41, 5.74) is 1.94. The van der Waals surface area contributed by atoms with Crippen molar-refractivity contribution >= 4 is 22.1 Å². The normalized spacial score (nSPS) is 11.0. The van der Waals surface area contributed by atoms with Gasteiger partial charge < -0.3 is 10.1 Å². The predicted molar refractivity (Wildman–Crippen MR) is 95.7 cm³/mol. The number of aromatic nitrogens is 3. The van der Waals surface area contributed by atoms with Gasteiger partial charge in [0.2, 0.25) is 0 Å². The molecule has 0 saturated heterocycles. The molecule has 24 heavy (non-hydrogen) atoms. The number of aryl methyl sites for hydroxylation is 1. The molecule has 0 aliphatic carbocycles. The number of hydrogen-bond acceptors (Lipinski definition) is 4. The lowest BCUT2D eigenvalue weighted by atomic mass is 10.1. The molecule has 120 valence electrons. The third-order valence-electron chi connectivity index (χ3n) is 3.91. The van der Waals surface area contributed by atoms with E-state index in [-0.39, 0.29) is 0 Å². The first-order valence-corrected chi connectivity index (χ1v) is 7.97. The lowest BCUT2D eigenvalue weighted by molar-refractivity contribution is 0.337. The molecular weight excluding hydrogens is 300 g/mol. The number of anilines is 1. The fourth-order valence-electron chi connectivity index (χ4n) is 2.83. The van der Waals surface area contributed by atoms with Gasteiger partial charge in [-0.15, -0.1) is 0 Å². The zero-order valence-corrected chi connectivity index (χ0v) is 13.4. The summed E-state index contributed by atoms with van der Waals surface area (Å²) in [4.78, 5) is 4.39. The SMILES string of the molecule is Cc1cc2c(NCCOc3cccc4ccccc34)nccn2n1. The molecule has 0 aliphatic heterocycles. The predicted octanol–water partition coefficient (Wildman–Crippen LogP) is 3.68. The van der Waals surface area contributed by atoms with Crippen molar-refractivity contribution in [3.8, 4) is 5.75 Å². The molecule has 2 heterocycles. The lowest BCUT2D eigenvalue weighted by Crippen LogP contribution is -2.13. The van der Waals surface area contributed by atoms with E-state index in [4.69, 9.17) is 4.74 Å². The highest BCUT2D eigenvalue weighted by molar-refractivity contribution is 5.88. The van der Waals surface area contributed by atoms with Crippen LogP contribution in [0.4, 0.5) is 5.82 Å². The number of fused-ring (bicyclic) bond motifs is 2. The molecule has 0 saturated carbocycles. The summed E-state index contributed by atoms with van der Waals surface area (Å²) in [6.07, 6.45) is 3.59. The van der Waals surface area contributed by atoms with E-state index in [1.807, 2.05) is 48.0 Å². The van der Waals surface area contributed by atoms with Crippen molar-refractivity contribution in [3.63, 3.8) is 0 Å². The van der Waals surface area contributed by atoms with Crippen molar-refractivity contribution < 1.29 is 4.74 Å². The smallest absolute Gasteiger partial charge is 0.152 e. The molecule has 0 bridgehead atoms. The minimum atomic E-state index is 0.559. The van der Waals surface area contributed by atoms with Gasteiger partial charge in [0.25, 0.3) is 0 Å². The van der Waals surface area contributed by atoms with Crippen molar-refractivity contribution in [3.05, 3.63) is 66.6 Å². The zero-order chi connectivity index (χ0) is 16.4. The highest BCUT2D eigenvalue weighted by Crippen LogP contribution is 2.25. The van der Waals surface area contributed by atoms with Gasteiger partial charge in [-0.1, -0.05) is 36.4 Å². The van der Waals surface area contributed by atoms with Crippen molar-refractivity contribution in [2.75, 3.05) is 18.5 Å². The highest BCUT2D eigenvalue weighted by Gasteiger charge is 2.05. The van der Waals surface area contributed by atoms with Gasteiger partial charge in [-0.25, -0.2) is 9.50 Å². The quantitative estimate of drug-likeness (QED) is 0.570. The summed E-state index contributed by atoms with van der Waals surface area (Å²) >= 11 is 0. The van der Waals surface area contributed by atoms with Gasteiger partial charge in [-0.3, -0.25) is 0 Å². The number of ether oxygens (including phenoxy) is 1. The molecule has 0 aliphatic rings. The molecule has 1 N–H and O–H groups in total. The number of benzene rings is 2. The molecule has 0 amide bonds. The van der Waals surface area contributed by atoms with Crippen LogP contribution in [0.5, 0.6) is 5.75 Å². The van der Waals surface area contributed by atoms with Gasteiger partial charge in [0.15, 0.2) is 5.82 Å². The molecule has 2 aromatic heterocycles. The summed E-state index contributed by atoms with van der Waals surface area (Å²) in [6.45, 7) is 3.20. The van der Waals surface area contributed by atoms with Crippen molar-refractivity contribution in [1.82, 2.24) is 14.6 Å². The maximum absolute atomic E-state index is 5.95. The van der Waals surface area contributed by atoms with Crippen LogP contribution in [0, 0.1) is 6.92 Å². The maximum Gasteiger partial charge on any atom is 0.152 e. The Hall–Kier alpha value is -3.08. The third-order valence-corrected chi connectivity index (χ3v) is 3.91. The molecule has 5 heteroatoms. The molecule has 0 atom stereocenters. The van der Waals surface area contributed by atoms with E-state index >= 15 is 0 Å². The first kappa shape index (κ1) is 14.5. The molecule has 2 aromatic carbocycles. The topological polar surface area (TPSA) is 51.5 Å². The van der Waals surface area contributed by atoms with Crippen LogP contribution < -0.4 is 10.1 Å². The van der Waals surface area contributed by atoms with E-state index in [0.29, 0.717) is 13.2 Å². The van der Waals surface area contributed by atoms with Crippen LogP contribution in [0.1, 0.15) is 5.69 Å². The fraction of sp³-hybridized carbons (Fsp3) is 0.158. The Morgan fingerprint density at radius 3 is 2.96 bits per heavy atom. The second kappa shape index (κ2) is 6.20. The van der Waals surface area contributed by atoms with E-state index < -0.39 is 0 Å². The lowest BCUT2D eigenvalue weighted by Gasteiger charge is -2.10. The molecule has 4 aromatic rings.